The number of ether oxygens (including phenoxy) is 1. The number of aromatic nitrogens is 1. The Labute approximate surface area is 153 Å². The maximum atomic E-state index is 6.04. The molecular weight excluding hydrogens is 324 g/mol. The molecule has 0 atom stereocenters. The first kappa shape index (κ1) is 16.5. The fourth-order valence-corrected chi connectivity index (χ4v) is 3.40. The standard InChI is InChI=1S/C22H23N2O2/c1-4-23-17-10-6-8-12-19(17)25-21(23)14-16(3)15-22-24(5-2)18-11-7-9-13-20(18)26-22/h6-15H,4-5H2,1-3H3/q+1. The van der Waals surface area contributed by atoms with E-state index in [-0.39, 0.29) is 0 Å². The molecule has 0 saturated carbocycles. The molecule has 1 aliphatic rings. The van der Waals surface area contributed by atoms with Gasteiger partial charge >= 0.3 is 5.89 Å². The molecule has 0 saturated heterocycles. The van der Waals surface area contributed by atoms with Crippen molar-refractivity contribution in [2.45, 2.75) is 27.3 Å². The fraction of sp³-hybridized carbons (Fsp3) is 0.227. The van der Waals surface area contributed by atoms with E-state index in [2.05, 4.69) is 54.5 Å². The topological polar surface area (TPSA) is 29.5 Å². The first-order chi connectivity index (χ1) is 12.7. The van der Waals surface area contributed by atoms with Crippen LogP contribution in [0.15, 0.2) is 70.5 Å². The van der Waals surface area contributed by atoms with Gasteiger partial charge in [-0.2, -0.15) is 4.57 Å². The summed E-state index contributed by atoms with van der Waals surface area (Å²) >= 11 is 0. The molecule has 0 bridgehead atoms. The number of rotatable bonds is 4. The summed E-state index contributed by atoms with van der Waals surface area (Å²) in [7, 11) is 0. The summed E-state index contributed by atoms with van der Waals surface area (Å²) in [6.07, 6.45) is 4.13. The van der Waals surface area contributed by atoms with Crippen LogP contribution in [0.1, 0.15) is 26.7 Å². The van der Waals surface area contributed by atoms with E-state index in [4.69, 9.17) is 9.15 Å². The number of hydrogen-bond donors (Lipinski definition) is 0. The number of aryl methyl sites for hydroxylation is 1. The quantitative estimate of drug-likeness (QED) is 0.629. The maximum Gasteiger partial charge on any atom is 0.374 e. The van der Waals surface area contributed by atoms with Crippen molar-refractivity contribution in [3.63, 3.8) is 0 Å². The third-order valence-electron chi connectivity index (χ3n) is 4.61. The zero-order chi connectivity index (χ0) is 18.1. The molecule has 2 heterocycles. The summed E-state index contributed by atoms with van der Waals surface area (Å²) in [4.78, 5) is 2.18. The van der Waals surface area contributed by atoms with E-state index in [1.54, 1.807) is 0 Å². The zero-order valence-electron chi connectivity index (χ0n) is 15.4. The van der Waals surface area contributed by atoms with Crippen molar-refractivity contribution in [3.05, 3.63) is 72.0 Å². The summed E-state index contributed by atoms with van der Waals surface area (Å²) in [5.74, 6) is 2.60. The van der Waals surface area contributed by atoms with E-state index in [1.165, 1.54) is 0 Å². The van der Waals surface area contributed by atoms with Gasteiger partial charge in [-0.3, -0.25) is 0 Å². The minimum atomic E-state index is 0.849. The maximum absolute atomic E-state index is 6.04. The second-order valence-electron chi connectivity index (χ2n) is 6.34. The van der Waals surface area contributed by atoms with Gasteiger partial charge in [-0.05, 0) is 44.5 Å². The Bertz CT molecular complexity index is 1010. The molecule has 4 heteroatoms. The summed E-state index contributed by atoms with van der Waals surface area (Å²) in [6, 6.07) is 16.2. The van der Waals surface area contributed by atoms with Crippen LogP contribution < -0.4 is 14.2 Å². The number of fused-ring (bicyclic) bond motifs is 2. The summed E-state index contributed by atoms with van der Waals surface area (Å²) in [5, 5.41) is 0. The molecule has 0 aliphatic carbocycles. The molecule has 3 aromatic rings. The van der Waals surface area contributed by atoms with E-state index in [1.807, 2.05) is 36.4 Å². The molecule has 1 aromatic heterocycles. The third-order valence-corrected chi connectivity index (χ3v) is 4.61. The first-order valence-corrected chi connectivity index (χ1v) is 9.07. The highest BCUT2D eigenvalue weighted by atomic mass is 16.5. The lowest BCUT2D eigenvalue weighted by Crippen LogP contribution is -2.33. The van der Waals surface area contributed by atoms with E-state index >= 15 is 0 Å². The summed E-state index contributed by atoms with van der Waals surface area (Å²) in [6.45, 7) is 8.04. The Hall–Kier alpha value is -3.01. The van der Waals surface area contributed by atoms with Gasteiger partial charge in [0.1, 0.15) is 6.54 Å². The number of hydrogen-bond acceptors (Lipinski definition) is 3. The molecule has 4 rings (SSSR count). The molecule has 26 heavy (non-hydrogen) atoms. The Morgan fingerprint density at radius 1 is 1.08 bits per heavy atom. The van der Waals surface area contributed by atoms with E-state index in [9.17, 15) is 0 Å². The highest BCUT2D eigenvalue weighted by Crippen LogP contribution is 2.38. The van der Waals surface area contributed by atoms with Crippen molar-refractivity contribution < 1.29 is 13.7 Å². The summed E-state index contributed by atoms with van der Waals surface area (Å²) < 4.78 is 14.3. The van der Waals surface area contributed by atoms with Crippen molar-refractivity contribution in [2.24, 2.45) is 0 Å². The van der Waals surface area contributed by atoms with Gasteiger partial charge in [0.05, 0.1) is 11.8 Å². The molecule has 0 radical (unpaired) electrons. The van der Waals surface area contributed by atoms with Crippen LogP contribution in [0, 0.1) is 0 Å². The van der Waals surface area contributed by atoms with Crippen LogP contribution in [-0.4, -0.2) is 6.54 Å². The smallest absolute Gasteiger partial charge is 0.374 e. The Kier molecular flexibility index (Phi) is 4.25. The molecule has 0 fully saturated rings. The molecule has 1 aliphatic heterocycles. The van der Waals surface area contributed by atoms with Crippen molar-refractivity contribution in [1.29, 1.82) is 0 Å². The summed E-state index contributed by atoms with van der Waals surface area (Å²) in [5.41, 5.74) is 4.20. The van der Waals surface area contributed by atoms with E-state index < -0.39 is 0 Å². The zero-order valence-corrected chi connectivity index (χ0v) is 15.4. The molecule has 2 aromatic carbocycles. The monoisotopic (exact) mass is 347 g/mol. The van der Waals surface area contributed by atoms with Gasteiger partial charge in [0.25, 0.3) is 5.52 Å². The number of oxazole rings is 1. The van der Waals surface area contributed by atoms with Crippen LogP contribution in [0.2, 0.25) is 0 Å². The number of anilines is 1. The SMILES string of the molecule is CCN1/C(=C/C(C)=C/c2oc3ccccc3[n+]2CC)Oc2ccccc21. The van der Waals surface area contributed by atoms with E-state index in [0.29, 0.717) is 0 Å². The van der Waals surface area contributed by atoms with Gasteiger partial charge in [-0.15, -0.1) is 0 Å². The van der Waals surface area contributed by atoms with Gasteiger partial charge in [-0.1, -0.05) is 24.3 Å². The lowest BCUT2D eigenvalue weighted by atomic mass is 10.2. The van der Waals surface area contributed by atoms with Crippen LogP contribution in [0.4, 0.5) is 5.69 Å². The molecule has 4 nitrogen and oxygen atoms in total. The molecule has 0 amide bonds. The van der Waals surface area contributed by atoms with Gasteiger partial charge in [0.15, 0.2) is 5.75 Å². The normalized spacial score (nSPS) is 15.6. The average Bonchev–Trinajstić information content (AvgIpc) is 3.17. The highest BCUT2D eigenvalue weighted by molar-refractivity contribution is 5.70. The lowest BCUT2D eigenvalue weighted by molar-refractivity contribution is -0.674. The largest absolute Gasteiger partial charge is 0.439 e. The van der Waals surface area contributed by atoms with Crippen LogP contribution in [0.25, 0.3) is 17.2 Å². The van der Waals surface area contributed by atoms with Gasteiger partial charge < -0.3 is 14.1 Å². The number of benzene rings is 2. The first-order valence-electron chi connectivity index (χ1n) is 9.07. The van der Waals surface area contributed by atoms with Crippen molar-refractivity contribution in [2.75, 3.05) is 11.4 Å². The minimum Gasteiger partial charge on any atom is -0.439 e. The average molecular weight is 347 g/mol. The van der Waals surface area contributed by atoms with Crippen LogP contribution in [0.3, 0.4) is 0 Å². The third kappa shape index (κ3) is 2.77. The Morgan fingerprint density at radius 3 is 2.65 bits per heavy atom. The van der Waals surface area contributed by atoms with Gasteiger partial charge in [-0.25, -0.2) is 0 Å². The predicted octanol–water partition coefficient (Wildman–Crippen LogP) is 4.90. The Balaban J connectivity index is 1.70. The second-order valence-corrected chi connectivity index (χ2v) is 6.34. The number of para-hydroxylation sites is 4. The number of nitrogens with zero attached hydrogens (tertiary/aromatic N) is 2. The van der Waals surface area contributed by atoms with Gasteiger partial charge in [0.2, 0.25) is 11.5 Å². The lowest BCUT2D eigenvalue weighted by Gasteiger charge is -2.15. The molecule has 132 valence electrons. The molecule has 0 spiro atoms. The number of allylic oxidation sites excluding steroid dienone is 2. The second kappa shape index (κ2) is 6.71. The van der Waals surface area contributed by atoms with Crippen molar-refractivity contribution in [1.82, 2.24) is 0 Å². The van der Waals surface area contributed by atoms with E-state index in [0.717, 1.165) is 53.0 Å². The predicted molar refractivity (Wildman–Crippen MR) is 104 cm³/mol. The van der Waals surface area contributed by atoms with Crippen LogP contribution in [-0.2, 0) is 6.54 Å². The van der Waals surface area contributed by atoms with Gasteiger partial charge in [0, 0.05) is 18.7 Å². The molecule has 0 unspecified atom stereocenters. The minimum absolute atomic E-state index is 0.849. The fourth-order valence-electron chi connectivity index (χ4n) is 3.40. The van der Waals surface area contributed by atoms with Crippen LogP contribution >= 0.6 is 0 Å². The molecular formula is C22H23N2O2+. The van der Waals surface area contributed by atoms with Crippen molar-refractivity contribution in [3.8, 4) is 5.75 Å². The Morgan fingerprint density at radius 2 is 1.85 bits per heavy atom. The van der Waals surface area contributed by atoms with Crippen LogP contribution in [0.5, 0.6) is 5.75 Å². The van der Waals surface area contributed by atoms with Crippen molar-refractivity contribution >= 4 is 22.9 Å². The highest BCUT2D eigenvalue weighted by Gasteiger charge is 2.24. The molecule has 0 N–H and O–H groups in total.